The molecule has 0 aliphatic carbocycles. The summed E-state index contributed by atoms with van der Waals surface area (Å²) in [5, 5.41) is 15.6. The van der Waals surface area contributed by atoms with E-state index in [2.05, 4.69) is 16.1 Å². The van der Waals surface area contributed by atoms with Crippen LogP contribution in [0.1, 0.15) is 16.7 Å². The minimum atomic E-state index is -3.51. The molecule has 1 aromatic heterocycles. The molecule has 0 saturated carbocycles. The molecule has 1 aromatic carbocycles. The quantitative estimate of drug-likeness (QED) is 0.902. The molecule has 1 atom stereocenters. The number of fused-ring (bicyclic) bond motifs is 1. The van der Waals surface area contributed by atoms with E-state index in [0.717, 1.165) is 16.8 Å². The van der Waals surface area contributed by atoms with Crippen molar-refractivity contribution in [3.63, 3.8) is 0 Å². The summed E-state index contributed by atoms with van der Waals surface area (Å²) >= 11 is 1.38. The van der Waals surface area contributed by atoms with Gasteiger partial charge in [-0.15, -0.1) is 0 Å². The molecule has 5 nitrogen and oxygen atoms in total. The summed E-state index contributed by atoms with van der Waals surface area (Å²) in [5.74, 6) is 0. The predicted octanol–water partition coefficient (Wildman–Crippen LogP) is 2.24. The topological polar surface area (TPSA) is 82.0 Å². The molecule has 0 radical (unpaired) electrons. The normalized spacial score (nSPS) is 17.4. The summed E-state index contributed by atoms with van der Waals surface area (Å²) in [6.45, 7) is 2.32. The van der Waals surface area contributed by atoms with Gasteiger partial charge in [0.25, 0.3) is 0 Å². The molecule has 2 heterocycles. The van der Waals surface area contributed by atoms with Crippen LogP contribution in [-0.4, -0.2) is 21.0 Å². The molecule has 114 valence electrons. The van der Waals surface area contributed by atoms with E-state index in [9.17, 15) is 8.42 Å². The molecule has 0 amide bonds. The Bertz CT molecular complexity index is 850. The molecule has 1 aliphatic rings. The van der Waals surface area contributed by atoms with Crippen LogP contribution in [0.2, 0.25) is 0 Å². The largest absolute Gasteiger partial charge is 0.383 e. The Morgan fingerprint density at radius 2 is 2.23 bits per heavy atom. The van der Waals surface area contributed by atoms with Crippen LogP contribution in [0.5, 0.6) is 0 Å². The fourth-order valence-electron chi connectivity index (χ4n) is 2.57. The van der Waals surface area contributed by atoms with E-state index in [4.69, 9.17) is 5.26 Å². The molecule has 1 unspecified atom stereocenters. The van der Waals surface area contributed by atoms with E-state index in [1.165, 1.54) is 11.3 Å². The molecule has 0 fully saturated rings. The van der Waals surface area contributed by atoms with Gasteiger partial charge in [-0.2, -0.15) is 16.6 Å². The second kappa shape index (κ2) is 5.72. The Balaban J connectivity index is 1.81. The summed E-state index contributed by atoms with van der Waals surface area (Å²) in [6.07, 6.45) is 0.570. The van der Waals surface area contributed by atoms with Crippen LogP contribution >= 0.6 is 11.3 Å². The molecule has 1 aliphatic heterocycles. The Kier molecular flexibility index (Phi) is 3.91. The first-order chi connectivity index (χ1) is 10.5. The molecule has 2 N–H and O–H groups in total. The molecule has 0 saturated heterocycles. The highest BCUT2D eigenvalue weighted by Gasteiger charge is 2.25. The number of rotatable bonds is 3. The van der Waals surface area contributed by atoms with Crippen molar-refractivity contribution in [3.8, 4) is 6.07 Å². The van der Waals surface area contributed by atoms with Crippen molar-refractivity contribution in [1.82, 2.24) is 4.72 Å². The third kappa shape index (κ3) is 2.86. The SMILES string of the molecule is Cc1cscc1S(=O)(=O)NC1CNc2ccc(C#N)cc2C1. The summed E-state index contributed by atoms with van der Waals surface area (Å²) in [5.41, 5.74) is 3.26. The van der Waals surface area contributed by atoms with E-state index in [1.54, 1.807) is 24.4 Å². The van der Waals surface area contributed by atoms with Gasteiger partial charge < -0.3 is 5.32 Å². The Morgan fingerprint density at radius 3 is 2.91 bits per heavy atom. The van der Waals surface area contributed by atoms with Crippen molar-refractivity contribution in [2.24, 2.45) is 0 Å². The number of hydrogen-bond acceptors (Lipinski definition) is 5. The van der Waals surface area contributed by atoms with E-state index < -0.39 is 10.0 Å². The van der Waals surface area contributed by atoms with Gasteiger partial charge in [0.05, 0.1) is 16.5 Å². The Labute approximate surface area is 133 Å². The lowest BCUT2D eigenvalue weighted by Crippen LogP contribution is -2.43. The van der Waals surface area contributed by atoms with Crippen molar-refractivity contribution in [1.29, 1.82) is 5.26 Å². The lowest BCUT2D eigenvalue weighted by Gasteiger charge is -2.26. The maximum absolute atomic E-state index is 12.4. The number of nitrogens with zero attached hydrogens (tertiary/aromatic N) is 1. The van der Waals surface area contributed by atoms with E-state index >= 15 is 0 Å². The highest BCUT2D eigenvalue weighted by Crippen LogP contribution is 2.25. The second-order valence-electron chi connectivity index (χ2n) is 5.31. The van der Waals surface area contributed by atoms with Gasteiger partial charge in [0.2, 0.25) is 10.0 Å². The number of hydrogen-bond donors (Lipinski definition) is 2. The minimum Gasteiger partial charge on any atom is -0.383 e. The zero-order valence-corrected chi connectivity index (χ0v) is 13.6. The first-order valence-corrected chi connectivity index (χ1v) is 9.24. The average molecular weight is 333 g/mol. The maximum atomic E-state index is 12.4. The van der Waals surface area contributed by atoms with Gasteiger partial charge >= 0.3 is 0 Å². The molecule has 3 rings (SSSR count). The number of nitriles is 1. The zero-order valence-electron chi connectivity index (χ0n) is 12.0. The molecule has 0 bridgehead atoms. The van der Waals surface area contributed by atoms with Crippen molar-refractivity contribution in [3.05, 3.63) is 45.6 Å². The van der Waals surface area contributed by atoms with Gasteiger partial charge in [0.1, 0.15) is 0 Å². The number of benzene rings is 1. The summed E-state index contributed by atoms with van der Waals surface area (Å²) in [4.78, 5) is 0.342. The molecule has 7 heteroatoms. The van der Waals surface area contributed by atoms with Crippen LogP contribution < -0.4 is 10.0 Å². The fourth-order valence-corrected chi connectivity index (χ4v) is 5.24. The maximum Gasteiger partial charge on any atom is 0.241 e. The summed E-state index contributed by atoms with van der Waals surface area (Å²) < 4.78 is 27.6. The van der Waals surface area contributed by atoms with Crippen LogP contribution in [-0.2, 0) is 16.4 Å². The van der Waals surface area contributed by atoms with Gasteiger partial charge in [-0.05, 0) is 48.1 Å². The van der Waals surface area contributed by atoms with Crippen molar-refractivity contribution in [2.45, 2.75) is 24.3 Å². The average Bonchev–Trinajstić information content (AvgIpc) is 2.93. The highest BCUT2D eigenvalue weighted by molar-refractivity contribution is 7.89. The number of aryl methyl sites for hydroxylation is 1. The smallest absolute Gasteiger partial charge is 0.241 e. The van der Waals surface area contributed by atoms with Crippen LogP contribution in [0.15, 0.2) is 33.9 Å². The highest BCUT2D eigenvalue weighted by atomic mass is 32.2. The summed E-state index contributed by atoms with van der Waals surface area (Å²) in [7, 11) is -3.51. The number of sulfonamides is 1. The summed E-state index contributed by atoms with van der Waals surface area (Å²) in [6, 6.07) is 7.30. The van der Waals surface area contributed by atoms with Crippen LogP contribution in [0.3, 0.4) is 0 Å². The molecule has 0 spiro atoms. The molecule has 22 heavy (non-hydrogen) atoms. The van der Waals surface area contributed by atoms with Gasteiger partial charge in [-0.25, -0.2) is 13.1 Å². The molecule has 2 aromatic rings. The van der Waals surface area contributed by atoms with E-state index in [0.29, 0.717) is 23.4 Å². The Hall–Kier alpha value is -1.88. The van der Waals surface area contributed by atoms with Crippen LogP contribution in [0.4, 0.5) is 5.69 Å². The number of thiophene rings is 1. The van der Waals surface area contributed by atoms with Gasteiger partial charge in [0.15, 0.2) is 0 Å². The van der Waals surface area contributed by atoms with E-state index in [1.807, 2.05) is 11.4 Å². The van der Waals surface area contributed by atoms with Gasteiger partial charge in [-0.1, -0.05) is 0 Å². The second-order valence-corrected chi connectivity index (χ2v) is 7.73. The lowest BCUT2D eigenvalue weighted by atomic mass is 9.98. The van der Waals surface area contributed by atoms with Crippen molar-refractivity contribution < 1.29 is 8.42 Å². The van der Waals surface area contributed by atoms with Crippen molar-refractivity contribution in [2.75, 3.05) is 11.9 Å². The first kappa shape index (κ1) is 15.0. The van der Waals surface area contributed by atoms with E-state index in [-0.39, 0.29) is 6.04 Å². The minimum absolute atomic E-state index is 0.231. The molecular weight excluding hydrogens is 318 g/mol. The molecular formula is C15H15N3O2S2. The standard InChI is InChI=1S/C15H15N3O2S2/c1-10-8-21-9-15(10)22(19,20)18-13-5-12-4-11(6-16)2-3-14(12)17-7-13/h2-4,8-9,13,17-18H,5,7H2,1H3. The van der Waals surface area contributed by atoms with Gasteiger partial charge in [0, 0.05) is 23.7 Å². The predicted molar refractivity (Wildman–Crippen MR) is 86.5 cm³/mol. The lowest BCUT2D eigenvalue weighted by molar-refractivity contribution is 0.548. The first-order valence-electron chi connectivity index (χ1n) is 6.81. The fraction of sp³-hybridized carbons (Fsp3) is 0.267. The number of anilines is 1. The third-order valence-corrected chi connectivity index (χ3v) is 6.33. The van der Waals surface area contributed by atoms with Crippen LogP contribution in [0.25, 0.3) is 0 Å². The zero-order chi connectivity index (χ0) is 15.7. The third-order valence-electron chi connectivity index (χ3n) is 3.66. The van der Waals surface area contributed by atoms with Crippen LogP contribution in [0, 0.1) is 18.3 Å². The van der Waals surface area contributed by atoms with Gasteiger partial charge in [-0.3, -0.25) is 0 Å². The number of nitrogens with one attached hydrogen (secondary N) is 2. The monoisotopic (exact) mass is 333 g/mol. The van der Waals surface area contributed by atoms with Crippen molar-refractivity contribution >= 4 is 27.0 Å². The Morgan fingerprint density at radius 1 is 1.41 bits per heavy atom.